The van der Waals surface area contributed by atoms with Gasteiger partial charge in [0.1, 0.15) is 0 Å². The maximum absolute atomic E-state index is 12.3. The molecular weight excluding hydrogens is 476 g/mol. The average Bonchev–Trinajstić information content (AvgIpc) is 3.23. The minimum Gasteiger partial charge on any atom is -0.272 e. The Hall–Kier alpha value is -3.30. The third-order valence-corrected chi connectivity index (χ3v) is 5.65. The molecule has 4 aromatic rings. The zero-order chi connectivity index (χ0) is 21.5. The normalized spacial score (nSPS) is 11.0. The molecule has 7 nitrogen and oxygen atoms in total. The van der Waals surface area contributed by atoms with Crippen molar-refractivity contribution in [2.45, 2.75) is 5.16 Å². The summed E-state index contributed by atoms with van der Waals surface area (Å²) < 4.78 is 2.90. The molecule has 0 unspecified atom stereocenters. The first-order valence-corrected chi connectivity index (χ1v) is 11.1. The van der Waals surface area contributed by atoms with Gasteiger partial charge < -0.3 is 0 Å². The maximum atomic E-state index is 12.3. The Morgan fingerprint density at radius 3 is 2.52 bits per heavy atom. The summed E-state index contributed by atoms with van der Waals surface area (Å²) in [5, 5.41) is 13.3. The number of pyridine rings is 1. The van der Waals surface area contributed by atoms with Crippen molar-refractivity contribution in [2.75, 3.05) is 5.75 Å². The summed E-state index contributed by atoms with van der Waals surface area (Å²) in [6.07, 6.45) is 5.02. The molecule has 0 aliphatic carbocycles. The van der Waals surface area contributed by atoms with Crippen molar-refractivity contribution < 1.29 is 4.79 Å². The van der Waals surface area contributed by atoms with Gasteiger partial charge in [-0.25, -0.2) is 5.43 Å². The number of nitrogens with zero attached hydrogens (tertiary/aromatic N) is 5. The lowest BCUT2D eigenvalue weighted by Crippen LogP contribution is -2.20. The fourth-order valence-electron chi connectivity index (χ4n) is 2.75. The van der Waals surface area contributed by atoms with Crippen LogP contribution in [0.15, 0.2) is 93.9 Å². The van der Waals surface area contributed by atoms with E-state index in [9.17, 15) is 4.79 Å². The fourth-order valence-corrected chi connectivity index (χ4v) is 3.76. The minimum absolute atomic E-state index is 0.150. The molecule has 4 rings (SSSR count). The number of hydrogen-bond acceptors (Lipinski definition) is 6. The number of carbonyl (C=O) groups excluding carboxylic acids is 1. The van der Waals surface area contributed by atoms with Gasteiger partial charge in [0.25, 0.3) is 5.91 Å². The number of hydrogen-bond donors (Lipinski definition) is 1. The van der Waals surface area contributed by atoms with Gasteiger partial charge >= 0.3 is 0 Å². The molecule has 0 aliphatic heterocycles. The second-order valence-electron chi connectivity index (χ2n) is 6.35. The Morgan fingerprint density at radius 1 is 1.03 bits per heavy atom. The van der Waals surface area contributed by atoms with Gasteiger partial charge in [0, 0.05) is 28.1 Å². The molecule has 2 aromatic carbocycles. The first-order valence-electron chi connectivity index (χ1n) is 9.32. The maximum Gasteiger partial charge on any atom is 0.250 e. The molecule has 0 atom stereocenters. The fraction of sp³-hybridized carbons (Fsp3) is 0.0455. The largest absolute Gasteiger partial charge is 0.272 e. The standard InChI is InChI=1S/C22H17BrN6OS/c23-18-6-8-19(9-7-18)29-21(17-10-12-24-13-11-17)27-28-22(29)31-15-20(30)26-25-14-16-4-2-1-3-5-16/h1-14H,15H2,(H,26,30)/b25-14-. The van der Waals surface area contributed by atoms with Crippen molar-refractivity contribution >= 4 is 39.8 Å². The molecule has 2 heterocycles. The topological polar surface area (TPSA) is 85.1 Å². The smallest absolute Gasteiger partial charge is 0.250 e. The number of nitrogens with one attached hydrogen (secondary N) is 1. The Labute approximate surface area is 191 Å². The van der Waals surface area contributed by atoms with E-state index in [0.29, 0.717) is 11.0 Å². The first kappa shape index (κ1) is 21.0. The number of aromatic nitrogens is 4. The van der Waals surface area contributed by atoms with Crippen LogP contribution in [0.3, 0.4) is 0 Å². The lowest BCUT2D eigenvalue weighted by atomic mass is 10.2. The summed E-state index contributed by atoms with van der Waals surface area (Å²) >= 11 is 4.75. The summed E-state index contributed by atoms with van der Waals surface area (Å²) in [6.45, 7) is 0. The summed E-state index contributed by atoms with van der Waals surface area (Å²) in [5.41, 5.74) is 5.23. The van der Waals surface area contributed by atoms with Crippen molar-refractivity contribution in [3.8, 4) is 17.1 Å². The van der Waals surface area contributed by atoms with Gasteiger partial charge in [-0.1, -0.05) is 58.0 Å². The van der Waals surface area contributed by atoms with Gasteiger partial charge in [0.2, 0.25) is 0 Å². The summed E-state index contributed by atoms with van der Waals surface area (Å²) in [5.74, 6) is 0.597. The first-order chi connectivity index (χ1) is 15.2. The summed E-state index contributed by atoms with van der Waals surface area (Å²) in [6, 6.07) is 21.1. The molecule has 2 aromatic heterocycles. The number of rotatable bonds is 7. The van der Waals surface area contributed by atoms with Crippen LogP contribution in [0.4, 0.5) is 0 Å². The second kappa shape index (κ2) is 10.1. The van der Waals surface area contributed by atoms with Gasteiger partial charge in [0.05, 0.1) is 12.0 Å². The Bertz CT molecular complexity index is 1180. The molecule has 0 saturated heterocycles. The molecule has 0 fully saturated rings. The van der Waals surface area contributed by atoms with Crippen molar-refractivity contribution in [3.05, 3.63) is 89.2 Å². The number of thioether (sulfide) groups is 1. The highest BCUT2D eigenvalue weighted by Gasteiger charge is 2.17. The van der Waals surface area contributed by atoms with Gasteiger partial charge in [-0.2, -0.15) is 5.10 Å². The molecule has 0 bridgehead atoms. The molecule has 1 amide bonds. The SMILES string of the molecule is O=C(CSc1nnc(-c2ccncc2)n1-c1ccc(Br)cc1)N/N=C\c1ccccc1. The van der Waals surface area contributed by atoms with Crippen molar-refractivity contribution in [3.63, 3.8) is 0 Å². The summed E-state index contributed by atoms with van der Waals surface area (Å²) in [4.78, 5) is 16.3. The Balaban J connectivity index is 1.51. The van der Waals surface area contributed by atoms with Crippen LogP contribution in [-0.2, 0) is 4.79 Å². The van der Waals surface area contributed by atoms with Gasteiger partial charge in [-0.15, -0.1) is 10.2 Å². The van der Waals surface area contributed by atoms with E-state index in [1.54, 1.807) is 18.6 Å². The third-order valence-electron chi connectivity index (χ3n) is 4.19. The average molecular weight is 493 g/mol. The Morgan fingerprint density at radius 2 is 1.77 bits per heavy atom. The quantitative estimate of drug-likeness (QED) is 0.235. The van der Waals surface area contributed by atoms with Crippen molar-refractivity contribution in [1.82, 2.24) is 25.2 Å². The van der Waals surface area contributed by atoms with E-state index in [4.69, 9.17) is 0 Å². The highest BCUT2D eigenvalue weighted by Crippen LogP contribution is 2.28. The molecule has 0 radical (unpaired) electrons. The number of amides is 1. The predicted octanol–water partition coefficient (Wildman–Crippen LogP) is 4.33. The van der Waals surface area contributed by atoms with Crippen molar-refractivity contribution in [2.24, 2.45) is 5.10 Å². The van der Waals surface area contributed by atoms with Crippen LogP contribution in [0.1, 0.15) is 5.56 Å². The van der Waals surface area contributed by atoms with E-state index in [0.717, 1.165) is 21.3 Å². The van der Waals surface area contributed by atoms with E-state index >= 15 is 0 Å². The van der Waals surface area contributed by atoms with Crippen LogP contribution < -0.4 is 5.43 Å². The highest BCUT2D eigenvalue weighted by molar-refractivity contribution is 9.10. The van der Waals surface area contributed by atoms with E-state index < -0.39 is 0 Å². The molecule has 0 spiro atoms. The molecule has 1 N–H and O–H groups in total. The van der Waals surface area contributed by atoms with Gasteiger partial charge in [0.15, 0.2) is 11.0 Å². The van der Waals surface area contributed by atoms with E-state index in [1.807, 2.05) is 71.3 Å². The third kappa shape index (κ3) is 5.44. The van der Waals surface area contributed by atoms with Gasteiger partial charge in [-0.05, 0) is 42.0 Å². The predicted molar refractivity (Wildman–Crippen MR) is 125 cm³/mol. The lowest BCUT2D eigenvalue weighted by molar-refractivity contribution is -0.118. The van der Waals surface area contributed by atoms with Crippen LogP contribution in [0.2, 0.25) is 0 Å². The van der Waals surface area contributed by atoms with Crippen LogP contribution in [0, 0.1) is 0 Å². The van der Waals surface area contributed by atoms with Gasteiger partial charge in [-0.3, -0.25) is 14.3 Å². The van der Waals surface area contributed by atoms with E-state index in [2.05, 4.69) is 41.6 Å². The minimum atomic E-state index is -0.229. The number of benzene rings is 2. The van der Waals surface area contributed by atoms with Crippen LogP contribution >= 0.6 is 27.7 Å². The van der Waals surface area contributed by atoms with Crippen LogP contribution in [0.25, 0.3) is 17.1 Å². The molecular formula is C22H17BrN6OS. The molecule has 154 valence electrons. The monoisotopic (exact) mass is 492 g/mol. The Kier molecular flexibility index (Phi) is 6.85. The number of halogens is 1. The summed E-state index contributed by atoms with van der Waals surface area (Å²) in [7, 11) is 0. The number of hydrazone groups is 1. The highest BCUT2D eigenvalue weighted by atomic mass is 79.9. The van der Waals surface area contributed by atoms with Crippen LogP contribution in [0.5, 0.6) is 0 Å². The molecule has 31 heavy (non-hydrogen) atoms. The molecule has 0 aliphatic rings. The zero-order valence-electron chi connectivity index (χ0n) is 16.2. The zero-order valence-corrected chi connectivity index (χ0v) is 18.6. The second-order valence-corrected chi connectivity index (χ2v) is 8.20. The lowest BCUT2D eigenvalue weighted by Gasteiger charge is -2.10. The van der Waals surface area contributed by atoms with Crippen LogP contribution in [-0.4, -0.2) is 37.6 Å². The molecule has 0 saturated carbocycles. The molecule has 9 heteroatoms. The van der Waals surface area contributed by atoms with E-state index in [-0.39, 0.29) is 11.7 Å². The number of carbonyl (C=O) groups is 1. The van der Waals surface area contributed by atoms with E-state index in [1.165, 1.54) is 11.8 Å². The van der Waals surface area contributed by atoms with Crippen molar-refractivity contribution in [1.29, 1.82) is 0 Å².